The number of hydrogen-bond donors (Lipinski definition) is 2. The second-order valence-electron chi connectivity index (χ2n) is 5.15. The zero-order valence-corrected chi connectivity index (χ0v) is 13.1. The summed E-state index contributed by atoms with van der Waals surface area (Å²) in [5.41, 5.74) is 8.62. The number of nitrogens with two attached hydrogens (primary N) is 1. The second-order valence-corrected chi connectivity index (χ2v) is 5.56. The molecule has 0 atom stereocenters. The van der Waals surface area contributed by atoms with E-state index in [0.29, 0.717) is 29.7 Å². The average Bonchev–Trinajstić information content (AvgIpc) is 2.54. The van der Waals surface area contributed by atoms with Crippen LogP contribution in [0.3, 0.4) is 0 Å². The number of morpholine rings is 1. The van der Waals surface area contributed by atoms with Gasteiger partial charge in [0.15, 0.2) is 11.6 Å². The highest BCUT2D eigenvalue weighted by atomic mass is 35.5. The molecular weight excluding hydrogens is 302 g/mol. The fraction of sp³-hybridized carbons (Fsp3) is 0.333. The van der Waals surface area contributed by atoms with E-state index in [1.54, 1.807) is 0 Å². The zero-order chi connectivity index (χ0) is 15.5. The van der Waals surface area contributed by atoms with Crippen molar-refractivity contribution >= 4 is 34.6 Å². The third-order valence-corrected chi connectivity index (χ3v) is 4.02. The molecule has 3 N–H and O–H groups in total. The van der Waals surface area contributed by atoms with Gasteiger partial charge in [-0.2, -0.15) is 0 Å². The van der Waals surface area contributed by atoms with Crippen LogP contribution in [0.1, 0.15) is 5.56 Å². The minimum Gasteiger partial charge on any atom is -0.393 e. The van der Waals surface area contributed by atoms with Gasteiger partial charge in [0.1, 0.15) is 12.0 Å². The summed E-state index contributed by atoms with van der Waals surface area (Å²) in [7, 11) is 0. The van der Waals surface area contributed by atoms with E-state index in [9.17, 15) is 0 Å². The van der Waals surface area contributed by atoms with E-state index in [-0.39, 0.29) is 0 Å². The summed E-state index contributed by atoms with van der Waals surface area (Å²) in [4.78, 5) is 10.6. The summed E-state index contributed by atoms with van der Waals surface area (Å²) in [6.45, 7) is 4.87. The molecule has 1 aliphatic heterocycles. The molecule has 0 aliphatic carbocycles. The highest BCUT2D eigenvalue weighted by Gasteiger charge is 2.17. The molecule has 1 aromatic carbocycles. The van der Waals surface area contributed by atoms with Crippen LogP contribution in [0, 0.1) is 6.92 Å². The van der Waals surface area contributed by atoms with E-state index in [4.69, 9.17) is 22.1 Å². The molecule has 0 spiro atoms. The van der Waals surface area contributed by atoms with Crippen LogP contribution >= 0.6 is 11.6 Å². The Hall–Kier alpha value is -2.05. The first-order chi connectivity index (χ1) is 10.6. The lowest BCUT2D eigenvalue weighted by Crippen LogP contribution is -2.37. The first-order valence-corrected chi connectivity index (χ1v) is 7.49. The van der Waals surface area contributed by atoms with Gasteiger partial charge in [-0.3, -0.25) is 0 Å². The van der Waals surface area contributed by atoms with Crippen molar-refractivity contribution in [2.45, 2.75) is 6.92 Å². The molecule has 0 amide bonds. The van der Waals surface area contributed by atoms with Gasteiger partial charge in [0.2, 0.25) is 0 Å². The average molecular weight is 320 g/mol. The number of rotatable bonds is 3. The van der Waals surface area contributed by atoms with Crippen molar-refractivity contribution in [3.05, 3.63) is 35.1 Å². The molecule has 0 radical (unpaired) electrons. The molecule has 3 rings (SSSR count). The minimum atomic E-state index is 0.529. The summed E-state index contributed by atoms with van der Waals surface area (Å²) in [6, 6.07) is 5.74. The summed E-state index contributed by atoms with van der Waals surface area (Å²) >= 11 is 6.15. The summed E-state index contributed by atoms with van der Waals surface area (Å²) < 4.78 is 5.36. The molecule has 7 heteroatoms. The Morgan fingerprint density at radius 2 is 2.05 bits per heavy atom. The largest absolute Gasteiger partial charge is 0.393 e. The summed E-state index contributed by atoms with van der Waals surface area (Å²) in [5.74, 6) is 1.32. The maximum absolute atomic E-state index is 6.23. The van der Waals surface area contributed by atoms with Gasteiger partial charge in [-0.25, -0.2) is 9.97 Å². The minimum absolute atomic E-state index is 0.529. The first kappa shape index (κ1) is 14.9. The highest BCUT2D eigenvalue weighted by molar-refractivity contribution is 6.31. The molecule has 1 aromatic heterocycles. The van der Waals surface area contributed by atoms with Crippen molar-refractivity contribution in [3.8, 4) is 0 Å². The SMILES string of the molecule is Cc1ccc(Nc2ncnc(N3CCOCC3)c2N)cc1Cl. The van der Waals surface area contributed by atoms with Crippen molar-refractivity contribution in [1.29, 1.82) is 0 Å². The van der Waals surface area contributed by atoms with Crippen LogP contribution in [0.4, 0.5) is 23.0 Å². The predicted molar refractivity (Wildman–Crippen MR) is 88.9 cm³/mol. The Morgan fingerprint density at radius 1 is 1.27 bits per heavy atom. The first-order valence-electron chi connectivity index (χ1n) is 7.11. The molecule has 1 aliphatic rings. The van der Waals surface area contributed by atoms with Crippen LogP contribution in [0.25, 0.3) is 0 Å². The van der Waals surface area contributed by atoms with Crippen molar-refractivity contribution in [3.63, 3.8) is 0 Å². The molecule has 22 heavy (non-hydrogen) atoms. The van der Waals surface area contributed by atoms with Gasteiger partial charge < -0.3 is 20.7 Å². The molecule has 1 fully saturated rings. The lowest BCUT2D eigenvalue weighted by atomic mass is 10.2. The van der Waals surface area contributed by atoms with Crippen LogP contribution in [-0.4, -0.2) is 36.3 Å². The molecule has 2 aromatic rings. The molecule has 1 saturated heterocycles. The van der Waals surface area contributed by atoms with Gasteiger partial charge in [-0.15, -0.1) is 0 Å². The van der Waals surface area contributed by atoms with Crippen LogP contribution in [0.5, 0.6) is 0 Å². The van der Waals surface area contributed by atoms with Gasteiger partial charge in [0, 0.05) is 23.8 Å². The molecule has 0 saturated carbocycles. The summed E-state index contributed by atoms with van der Waals surface area (Å²) in [5, 5.41) is 3.90. The van der Waals surface area contributed by atoms with E-state index in [1.807, 2.05) is 25.1 Å². The van der Waals surface area contributed by atoms with E-state index in [0.717, 1.165) is 30.2 Å². The van der Waals surface area contributed by atoms with Crippen molar-refractivity contribution in [2.24, 2.45) is 0 Å². The second kappa shape index (κ2) is 6.37. The number of benzene rings is 1. The molecular formula is C15H18ClN5O. The van der Waals surface area contributed by atoms with Crippen LogP contribution in [0.2, 0.25) is 5.02 Å². The maximum Gasteiger partial charge on any atom is 0.159 e. The van der Waals surface area contributed by atoms with Gasteiger partial charge in [0.05, 0.1) is 13.2 Å². The Balaban J connectivity index is 1.86. The predicted octanol–water partition coefficient (Wildman–Crippen LogP) is 2.60. The lowest BCUT2D eigenvalue weighted by molar-refractivity contribution is 0.122. The van der Waals surface area contributed by atoms with Crippen molar-refractivity contribution in [1.82, 2.24) is 9.97 Å². The van der Waals surface area contributed by atoms with Gasteiger partial charge >= 0.3 is 0 Å². The van der Waals surface area contributed by atoms with Crippen molar-refractivity contribution < 1.29 is 4.74 Å². The number of nitrogens with zero attached hydrogens (tertiary/aromatic N) is 3. The van der Waals surface area contributed by atoms with E-state index in [2.05, 4.69) is 20.2 Å². The van der Waals surface area contributed by atoms with Gasteiger partial charge in [-0.05, 0) is 24.6 Å². The van der Waals surface area contributed by atoms with E-state index < -0.39 is 0 Å². The third kappa shape index (κ3) is 3.08. The Morgan fingerprint density at radius 3 is 2.77 bits per heavy atom. The number of halogens is 1. The van der Waals surface area contributed by atoms with Gasteiger partial charge in [-0.1, -0.05) is 17.7 Å². The number of nitrogens with one attached hydrogen (secondary N) is 1. The number of ether oxygens (including phenoxy) is 1. The molecule has 6 nitrogen and oxygen atoms in total. The normalized spacial score (nSPS) is 14.9. The molecule has 2 heterocycles. The molecule has 116 valence electrons. The van der Waals surface area contributed by atoms with Crippen LogP contribution in [0.15, 0.2) is 24.5 Å². The van der Waals surface area contributed by atoms with Crippen molar-refractivity contribution in [2.75, 3.05) is 42.3 Å². The molecule has 0 bridgehead atoms. The monoisotopic (exact) mass is 319 g/mol. The van der Waals surface area contributed by atoms with E-state index >= 15 is 0 Å². The number of aryl methyl sites for hydroxylation is 1. The van der Waals surface area contributed by atoms with Crippen LogP contribution in [-0.2, 0) is 4.74 Å². The standard InChI is InChI=1S/C15H18ClN5O/c1-10-2-3-11(8-12(10)16)20-14-13(17)15(19-9-18-14)21-4-6-22-7-5-21/h2-3,8-9H,4-7,17H2,1H3,(H,18,19,20). The number of anilines is 4. The highest BCUT2D eigenvalue weighted by Crippen LogP contribution is 2.30. The maximum atomic E-state index is 6.23. The quantitative estimate of drug-likeness (QED) is 0.905. The van der Waals surface area contributed by atoms with E-state index in [1.165, 1.54) is 6.33 Å². The lowest BCUT2D eigenvalue weighted by Gasteiger charge is -2.29. The Kier molecular flexibility index (Phi) is 4.31. The Labute approximate surface area is 134 Å². The van der Waals surface area contributed by atoms with Crippen LogP contribution < -0.4 is 16.0 Å². The fourth-order valence-corrected chi connectivity index (χ4v) is 2.50. The zero-order valence-electron chi connectivity index (χ0n) is 12.3. The fourth-order valence-electron chi connectivity index (χ4n) is 2.32. The smallest absolute Gasteiger partial charge is 0.159 e. The number of hydrogen-bond acceptors (Lipinski definition) is 6. The Bertz CT molecular complexity index is 673. The molecule has 0 unspecified atom stereocenters. The van der Waals surface area contributed by atoms with Gasteiger partial charge in [0.25, 0.3) is 0 Å². The topological polar surface area (TPSA) is 76.3 Å². The number of aromatic nitrogens is 2. The number of nitrogen functional groups attached to an aromatic ring is 1. The summed E-state index contributed by atoms with van der Waals surface area (Å²) in [6.07, 6.45) is 1.51. The third-order valence-electron chi connectivity index (χ3n) is 3.61.